The molecule has 0 bridgehead atoms. The molecule has 15 heavy (non-hydrogen) atoms. The molecule has 4 atom stereocenters. The molecule has 0 radical (unpaired) electrons. The molecule has 0 aliphatic heterocycles. The van der Waals surface area contributed by atoms with Crippen molar-refractivity contribution in [2.45, 2.75) is 69.2 Å². The van der Waals surface area contributed by atoms with Crippen LogP contribution in [0.1, 0.15) is 51.9 Å². The number of hydrogen-bond donors (Lipinski definition) is 1. The van der Waals surface area contributed by atoms with Crippen LogP contribution in [0.5, 0.6) is 0 Å². The Hall–Kier alpha value is 0.310. The molecule has 0 saturated heterocycles. The third-order valence-electron chi connectivity index (χ3n) is 4.28. The standard InChI is InChI=1S/C13H25NS/c1-10-5-3-4-6-13(10)14-11-7-8-12(9-11)15-2/h10-14H,3-9H2,1-2H3. The Kier molecular flexibility index (Phi) is 4.39. The van der Waals surface area contributed by atoms with Crippen LogP contribution in [0.4, 0.5) is 0 Å². The van der Waals surface area contributed by atoms with E-state index < -0.39 is 0 Å². The van der Waals surface area contributed by atoms with Crippen LogP contribution in [0.25, 0.3) is 0 Å². The maximum absolute atomic E-state index is 3.92. The summed E-state index contributed by atoms with van der Waals surface area (Å²) in [7, 11) is 0. The van der Waals surface area contributed by atoms with Gasteiger partial charge < -0.3 is 5.32 Å². The van der Waals surface area contributed by atoms with Crippen molar-refractivity contribution < 1.29 is 0 Å². The van der Waals surface area contributed by atoms with E-state index in [-0.39, 0.29) is 0 Å². The van der Waals surface area contributed by atoms with Gasteiger partial charge in [0.25, 0.3) is 0 Å². The summed E-state index contributed by atoms with van der Waals surface area (Å²) in [6.07, 6.45) is 12.3. The van der Waals surface area contributed by atoms with Crippen molar-refractivity contribution in [1.29, 1.82) is 0 Å². The summed E-state index contributed by atoms with van der Waals surface area (Å²) in [5.74, 6) is 0.909. The predicted molar refractivity (Wildman–Crippen MR) is 69.5 cm³/mol. The summed E-state index contributed by atoms with van der Waals surface area (Å²) in [4.78, 5) is 0. The maximum Gasteiger partial charge on any atom is 0.00952 e. The highest BCUT2D eigenvalue weighted by molar-refractivity contribution is 7.99. The largest absolute Gasteiger partial charge is 0.311 e. The molecule has 88 valence electrons. The maximum atomic E-state index is 3.92. The molecule has 0 heterocycles. The minimum Gasteiger partial charge on any atom is -0.311 e. The Morgan fingerprint density at radius 2 is 1.87 bits per heavy atom. The highest BCUT2D eigenvalue weighted by Crippen LogP contribution is 2.31. The average molecular weight is 227 g/mol. The summed E-state index contributed by atoms with van der Waals surface area (Å²) in [5.41, 5.74) is 0. The molecule has 0 aromatic rings. The fraction of sp³-hybridized carbons (Fsp3) is 1.00. The Labute approximate surface area is 98.8 Å². The fourth-order valence-electron chi connectivity index (χ4n) is 3.17. The molecule has 0 amide bonds. The minimum absolute atomic E-state index is 0.823. The van der Waals surface area contributed by atoms with Crippen LogP contribution in [-0.4, -0.2) is 23.6 Å². The molecule has 2 aliphatic carbocycles. The van der Waals surface area contributed by atoms with Gasteiger partial charge in [-0.25, -0.2) is 0 Å². The summed E-state index contributed by atoms with van der Waals surface area (Å²) >= 11 is 2.06. The average Bonchev–Trinajstić information content (AvgIpc) is 2.69. The van der Waals surface area contributed by atoms with E-state index in [2.05, 4.69) is 30.3 Å². The molecule has 0 aromatic carbocycles. The van der Waals surface area contributed by atoms with Gasteiger partial charge >= 0.3 is 0 Å². The Morgan fingerprint density at radius 3 is 2.53 bits per heavy atom. The van der Waals surface area contributed by atoms with Crippen molar-refractivity contribution >= 4 is 11.8 Å². The molecular formula is C13H25NS. The van der Waals surface area contributed by atoms with E-state index in [4.69, 9.17) is 0 Å². The normalized spacial score (nSPS) is 42.0. The molecule has 2 fully saturated rings. The van der Waals surface area contributed by atoms with Crippen LogP contribution in [0, 0.1) is 5.92 Å². The molecule has 0 aromatic heterocycles. The Bertz CT molecular complexity index is 195. The van der Waals surface area contributed by atoms with Crippen molar-refractivity contribution in [1.82, 2.24) is 5.32 Å². The van der Waals surface area contributed by atoms with Gasteiger partial charge in [0.05, 0.1) is 0 Å². The van der Waals surface area contributed by atoms with E-state index in [1.807, 2.05) is 0 Å². The molecule has 2 heteroatoms. The summed E-state index contributed by atoms with van der Waals surface area (Å²) in [6.45, 7) is 2.43. The van der Waals surface area contributed by atoms with E-state index >= 15 is 0 Å². The number of rotatable bonds is 3. The zero-order valence-electron chi connectivity index (χ0n) is 10.2. The van der Waals surface area contributed by atoms with Gasteiger partial charge in [0.1, 0.15) is 0 Å². The van der Waals surface area contributed by atoms with E-state index in [1.165, 1.54) is 44.9 Å². The first-order valence-corrected chi connectivity index (χ1v) is 7.87. The molecule has 0 spiro atoms. The second kappa shape index (κ2) is 5.58. The van der Waals surface area contributed by atoms with Crippen LogP contribution in [0.2, 0.25) is 0 Å². The third kappa shape index (κ3) is 3.13. The monoisotopic (exact) mass is 227 g/mol. The van der Waals surface area contributed by atoms with Crippen LogP contribution in [0.3, 0.4) is 0 Å². The molecule has 1 nitrogen and oxygen atoms in total. The van der Waals surface area contributed by atoms with Crippen LogP contribution in [-0.2, 0) is 0 Å². The smallest absolute Gasteiger partial charge is 0.00952 e. The van der Waals surface area contributed by atoms with Gasteiger partial charge in [0, 0.05) is 17.3 Å². The molecule has 1 N–H and O–H groups in total. The van der Waals surface area contributed by atoms with Gasteiger partial charge in [0.2, 0.25) is 0 Å². The Morgan fingerprint density at radius 1 is 1.07 bits per heavy atom. The zero-order chi connectivity index (χ0) is 10.7. The zero-order valence-corrected chi connectivity index (χ0v) is 11.0. The lowest BCUT2D eigenvalue weighted by Gasteiger charge is -2.32. The lowest BCUT2D eigenvalue weighted by atomic mass is 9.85. The Balaban J connectivity index is 1.76. The molecule has 2 rings (SSSR count). The highest BCUT2D eigenvalue weighted by atomic mass is 32.2. The van der Waals surface area contributed by atoms with Crippen molar-refractivity contribution in [3.63, 3.8) is 0 Å². The van der Waals surface area contributed by atoms with E-state index in [1.54, 1.807) is 0 Å². The number of thioether (sulfide) groups is 1. The predicted octanol–water partition coefficient (Wildman–Crippen LogP) is 3.44. The van der Waals surface area contributed by atoms with Crippen LogP contribution in [0.15, 0.2) is 0 Å². The topological polar surface area (TPSA) is 12.0 Å². The van der Waals surface area contributed by atoms with Gasteiger partial charge in [0.15, 0.2) is 0 Å². The third-order valence-corrected chi connectivity index (χ3v) is 5.37. The fourth-order valence-corrected chi connectivity index (χ4v) is 3.97. The van der Waals surface area contributed by atoms with Gasteiger partial charge in [-0.3, -0.25) is 0 Å². The van der Waals surface area contributed by atoms with Gasteiger partial charge in [-0.05, 0) is 44.3 Å². The van der Waals surface area contributed by atoms with Crippen molar-refractivity contribution in [2.75, 3.05) is 6.26 Å². The lowest BCUT2D eigenvalue weighted by Crippen LogP contribution is -2.42. The van der Waals surface area contributed by atoms with Gasteiger partial charge in [-0.1, -0.05) is 19.8 Å². The SMILES string of the molecule is CSC1CCC(NC2CCCCC2C)C1. The van der Waals surface area contributed by atoms with Crippen molar-refractivity contribution in [2.24, 2.45) is 5.92 Å². The second-order valence-corrected chi connectivity index (χ2v) is 6.54. The number of hydrogen-bond acceptors (Lipinski definition) is 2. The first-order valence-electron chi connectivity index (χ1n) is 6.58. The van der Waals surface area contributed by atoms with Gasteiger partial charge in [-0.15, -0.1) is 0 Å². The molecule has 2 aliphatic rings. The quantitative estimate of drug-likeness (QED) is 0.792. The molecule has 4 unspecified atom stereocenters. The van der Waals surface area contributed by atoms with E-state index in [0.717, 1.165) is 23.3 Å². The minimum atomic E-state index is 0.823. The summed E-state index contributed by atoms with van der Waals surface area (Å²) < 4.78 is 0. The summed E-state index contributed by atoms with van der Waals surface area (Å²) in [6, 6.07) is 1.65. The van der Waals surface area contributed by atoms with E-state index in [0.29, 0.717) is 0 Å². The van der Waals surface area contributed by atoms with Gasteiger partial charge in [-0.2, -0.15) is 11.8 Å². The number of nitrogens with one attached hydrogen (secondary N) is 1. The molecule has 2 saturated carbocycles. The molecular weight excluding hydrogens is 202 g/mol. The first kappa shape index (κ1) is 11.8. The van der Waals surface area contributed by atoms with Crippen molar-refractivity contribution in [3.05, 3.63) is 0 Å². The van der Waals surface area contributed by atoms with Crippen LogP contribution < -0.4 is 5.32 Å². The first-order chi connectivity index (χ1) is 7.29. The summed E-state index contributed by atoms with van der Waals surface area (Å²) in [5, 5.41) is 4.85. The second-order valence-electron chi connectivity index (χ2n) is 5.40. The van der Waals surface area contributed by atoms with Crippen molar-refractivity contribution in [3.8, 4) is 0 Å². The van der Waals surface area contributed by atoms with Crippen LogP contribution >= 0.6 is 11.8 Å². The lowest BCUT2D eigenvalue weighted by molar-refractivity contribution is 0.258. The van der Waals surface area contributed by atoms with E-state index in [9.17, 15) is 0 Å². The highest BCUT2D eigenvalue weighted by Gasteiger charge is 2.28.